The number of halogens is 1. The highest BCUT2D eigenvalue weighted by atomic mass is 35.5. The Balaban J connectivity index is 0.00000272. The molecule has 1 unspecified atom stereocenters. The van der Waals surface area contributed by atoms with Crippen LogP contribution in [-0.4, -0.2) is 72.9 Å². The van der Waals surface area contributed by atoms with Crippen LogP contribution in [0.5, 0.6) is 17.2 Å². The topological polar surface area (TPSA) is 71.5 Å². The van der Waals surface area contributed by atoms with E-state index in [1.807, 2.05) is 6.07 Å². The lowest BCUT2D eigenvalue weighted by Crippen LogP contribution is -2.48. The summed E-state index contributed by atoms with van der Waals surface area (Å²) >= 11 is 0. The van der Waals surface area contributed by atoms with Crippen LogP contribution in [0, 0.1) is 0 Å². The molecular formula is C23H29ClN2O5. The predicted molar refractivity (Wildman–Crippen MR) is 119 cm³/mol. The third kappa shape index (κ3) is 6.33. The lowest BCUT2D eigenvalue weighted by molar-refractivity contribution is 0.0446. The van der Waals surface area contributed by atoms with E-state index in [9.17, 15) is 9.90 Å². The molecule has 4 rings (SSSR count). The molecule has 31 heavy (non-hydrogen) atoms. The van der Waals surface area contributed by atoms with Crippen molar-refractivity contribution in [1.29, 1.82) is 0 Å². The van der Waals surface area contributed by atoms with Crippen molar-refractivity contribution in [2.75, 3.05) is 46.1 Å². The molecule has 1 saturated heterocycles. The molecule has 0 spiro atoms. The van der Waals surface area contributed by atoms with Gasteiger partial charge in [-0.25, -0.2) is 0 Å². The summed E-state index contributed by atoms with van der Waals surface area (Å²) in [6.07, 6.45) is -0.558. The number of hydrogen-bond acceptors (Lipinski definition) is 7. The maximum atomic E-state index is 11.3. The molecule has 2 aliphatic rings. The Kier molecular flexibility index (Phi) is 8.15. The Bertz CT molecular complexity index is 869. The summed E-state index contributed by atoms with van der Waals surface area (Å²) in [6, 6.07) is 13.1. The molecule has 168 valence electrons. The van der Waals surface area contributed by atoms with Gasteiger partial charge in [0.15, 0.2) is 17.3 Å². The van der Waals surface area contributed by atoms with Gasteiger partial charge >= 0.3 is 0 Å². The number of benzene rings is 2. The number of Topliss-reactive ketones (excluding diaryl/α,β-unsaturated/α-hetero) is 1. The Morgan fingerprint density at radius 2 is 1.71 bits per heavy atom. The standard InChI is InChI=1S/C23H28N2O5.ClH/c1-17(26)19-3-5-21(6-4-19)28-15-20(27)14-25-10-8-24(9-11-25)13-18-2-7-22-23(12-18)30-16-29-22;/h2-7,12,20,27H,8-11,13-16H2,1H3;1H. The van der Waals surface area contributed by atoms with Gasteiger partial charge in [0, 0.05) is 44.8 Å². The molecule has 1 atom stereocenters. The average Bonchev–Trinajstić information content (AvgIpc) is 3.22. The van der Waals surface area contributed by atoms with Crippen LogP contribution in [0.25, 0.3) is 0 Å². The average molecular weight is 449 g/mol. The molecule has 2 heterocycles. The minimum absolute atomic E-state index is 0. The zero-order valence-corrected chi connectivity index (χ0v) is 18.5. The van der Waals surface area contributed by atoms with Crippen LogP contribution in [0.2, 0.25) is 0 Å². The van der Waals surface area contributed by atoms with Crippen molar-refractivity contribution < 1.29 is 24.1 Å². The zero-order valence-electron chi connectivity index (χ0n) is 17.7. The highest BCUT2D eigenvalue weighted by Crippen LogP contribution is 2.32. The summed E-state index contributed by atoms with van der Waals surface area (Å²) in [5, 5.41) is 10.3. The van der Waals surface area contributed by atoms with Crippen molar-refractivity contribution in [1.82, 2.24) is 9.80 Å². The van der Waals surface area contributed by atoms with Crippen LogP contribution in [0.1, 0.15) is 22.8 Å². The van der Waals surface area contributed by atoms with E-state index in [4.69, 9.17) is 14.2 Å². The third-order valence-electron chi connectivity index (χ3n) is 5.48. The molecule has 2 aromatic rings. The maximum Gasteiger partial charge on any atom is 0.231 e. The highest BCUT2D eigenvalue weighted by Gasteiger charge is 2.21. The normalized spacial score (nSPS) is 17.1. The van der Waals surface area contributed by atoms with E-state index >= 15 is 0 Å². The largest absolute Gasteiger partial charge is 0.491 e. The monoisotopic (exact) mass is 448 g/mol. The second-order valence-corrected chi connectivity index (χ2v) is 7.81. The summed E-state index contributed by atoms with van der Waals surface area (Å²) in [5.74, 6) is 2.33. The summed E-state index contributed by atoms with van der Waals surface area (Å²) in [4.78, 5) is 16.0. The number of rotatable bonds is 8. The van der Waals surface area contributed by atoms with E-state index in [2.05, 4.69) is 21.9 Å². The van der Waals surface area contributed by atoms with E-state index in [1.54, 1.807) is 24.3 Å². The van der Waals surface area contributed by atoms with Crippen molar-refractivity contribution in [3.8, 4) is 17.2 Å². The Morgan fingerprint density at radius 1 is 1.03 bits per heavy atom. The Morgan fingerprint density at radius 3 is 2.42 bits per heavy atom. The molecular weight excluding hydrogens is 420 g/mol. The van der Waals surface area contributed by atoms with E-state index in [-0.39, 0.29) is 24.8 Å². The molecule has 8 heteroatoms. The van der Waals surface area contributed by atoms with Gasteiger partial charge in [0.1, 0.15) is 18.5 Å². The lowest BCUT2D eigenvalue weighted by atomic mass is 10.1. The number of aliphatic hydroxyl groups excluding tert-OH is 1. The van der Waals surface area contributed by atoms with Crippen molar-refractivity contribution >= 4 is 18.2 Å². The van der Waals surface area contributed by atoms with Gasteiger partial charge in [-0.1, -0.05) is 6.07 Å². The molecule has 0 radical (unpaired) electrons. The number of fused-ring (bicyclic) bond motifs is 1. The zero-order chi connectivity index (χ0) is 20.9. The smallest absolute Gasteiger partial charge is 0.231 e. The molecule has 0 aliphatic carbocycles. The molecule has 0 aromatic heterocycles. The molecule has 1 N–H and O–H groups in total. The first-order valence-corrected chi connectivity index (χ1v) is 10.3. The second kappa shape index (κ2) is 10.8. The lowest BCUT2D eigenvalue weighted by Gasteiger charge is -2.35. The van der Waals surface area contributed by atoms with Crippen molar-refractivity contribution in [2.45, 2.75) is 19.6 Å². The molecule has 0 bridgehead atoms. The van der Waals surface area contributed by atoms with Gasteiger partial charge in [0.25, 0.3) is 0 Å². The first-order chi connectivity index (χ1) is 14.6. The van der Waals surface area contributed by atoms with Crippen molar-refractivity contribution in [2.24, 2.45) is 0 Å². The van der Waals surface area contributed by atoms with Crippen molar-refractivity contribution in [3.63, 3.8) is 0 Å². The van der Waals surface area contributed by atoms with E-state index < -0.39 is 6.10 Å². The number of ketones is 1. The predicted octanol–water partition coefficient (Wildman–Crippen LogP) is 2.60. The minimum atomic E-state index is -0.558. The Labute approximate surface area is 188 Å². The molecule has 1 fully saturated rings. The van der Waals surface area contributed by atoms with E-state index in [0.29, 0.717) is 24.7 Å². The summed E-state index contributed by atoms with van der Waals surface area (Å²) in [5.41, 5.74) is 1.87. The molecule has 2 aromatic carbocycles. The number of hydrogen-bond donors (Lipinski definition) is 1. The fourth-order valence-corrected chi connectivity index (χ4v) is 3.76. The number of β-amino-alcohol motifs (C(OH)–C–C–N with tert-alkyl or cyclic N) is 1. The fraction of sp³-hybridized carbons (Fsp3) is 0.435. The molecule has 0 amide bonds. The van der Waals surface area contributed by atoms with Gasteiger partial charge in [-0.3, -0.25) is 14.6 Å². The Hall–Kier alpha value is -2.32. The van der Waals surface area contributed by atoms with Crippen LogP contribution in [0.4, 0.5) is 0 Å². The maximum absolute atomic E-state index is 11.3. The number of ether oxygens (including phenoxy) is 3. The number of nitrogens with zero attached hydrogens (tertiary/aromatic N) is 2. The van der Waals surface area contributed by atoms with E-state index in [1.165, 1.54) is 12.5 Å². The first kappa shape index (κ1) is 23.3. The quantitative estimate of drug-likeness (QED) is 0.622. The van der Waals surface area contributed by atoms with Gasteiger partial charge in [-0.05, 0) is 48.9 Å². The molecule has 0 saturated carbocycles. The molecule has 2 aliphatic heterocycles. The SMILES string of the molecule is CC(=O)c1ccc(OCC(O)CN2CCN(Cc3ccc4c(c3)OCO4)CC2)cc1.Cl. The number of carbonyl (C=O) groups excluding carboxylic acids is 1. The fourth-order valence-electron chi connectivity index (χ4n) is 3.76. The molecule has 7 nitrogen and oxygen atoms in total. The number of piperazine rings is 1. The van der Waals surface area contributed by atoms with Gasteiger partial charge in [-0.15, -0.1) is 12.4 Å². The van der Waals surface area contributed by atoms with Gasteiger partial charge in [0.05, 0.1) is 0 Å². The highest BCUT2D eigenvalue weighted by molar-refractivity contribution is 5.94. The van der Waals surface area contributed by atoms with Gasteiger partial charge in [0.2, 0.25) is 6.79 Å². The van der Waals surface area contributed by atoms with Crippen LogP contribution in [0.3, 0.4) is 0 Å². The van der Waals surface area contributed by atoms with E-state index in [0.717, 1.165) is 44.2 Å². The number of aliphatic hydroxyl groups is 1. The van der Waals surface area contributed by atoms with Gasteiger partial charge in [-0.2, -0.15) is 0 Å². The minimum Gasteiger partial charge on any atom is -0.491 e. The van der Waals surface area contributed by atoms with Crippen LogP contribution in [-0.2, 0) is 6.54 Å². The van der Waals surface area contributed by atoms with Crippen LogP contribution in [0.15, 0.2) is 42.5 Å². The number of carbonyl (C=O) groups is 1. The first-order valence-electron chi connectivity index (χ1n) is 10.3. The van der Waals surface area contributed by atoms with Crippen molar-refractivity contribution in [3.05, 3.63) is 53.6 Å². The summed E-state index contributed by atoms with van der Waals surface area (Å²) < 4.78 is 16.5. The van der Waals surface area contributed by atoms with Gasteiger partial charge < -0.3 is 19.3 Å². The summed E-state index contributed by atoms with van der Waals surface area (Å²) in [7, 11) is 0. The second-order valence-electron chi connectivity index (χ2n) is 7.81. The summed E-state index contributed by atoms with van der Waals surface area (Å²) in [6.45, 7) is 7.27. The van der Waals surface area contributed by atoms with Crippen LogP contribution >= 0.6 is 12.4 Å². The third-order valence-corrected chi connectivity index (χ3v) is 5.48. The van der Waals surface area contributed by atoms with Crippen LogP contribution < -0.4 is 14.2 Å².